The van der Waals surface area contributed by atoms with Gasteiger partial charge < -0.3 is 13.9 Å². The van der Waals surface area contributed by atoms with Gasteiger partial charge in [-0.25, -0.2) is 9.78 Å². The molecule has 1 heterocycles. The molecule has 0 aliphatic heterocycles. The first-order chi connectivity index (χ1) is 11.1. The number of rotatable bonds is 7. The molecule has 1 unspecified atom stereocenters. The van der Waals surface area contributed by atoms with Crippen LogP contribution in [0.4, 0.5) is 0 Å². The smallest absolute Gasteiger partial charge is 0.360 e. The van der Waals surface area contributed by atoms with Gasteiger partial charge in [0.1, 0.15) is 6.26 Å². The molecular formula is C17H19NO5. The predicted molar refractivity (Wildman–Crippen MR) is 82.0 cm³/mol. The molecule has 6 heteroatoms. The average Bonchev–Trinajstić information content (AvgIpc) is 3.03. The van der Waals surface area contributed by atoms with E-state index in [1.54, 1.807) is 6.92 Å². The number of benzene rings is 1. The van der Waals surface area contributed by atoms with E-state index in [0.717, 1.165) is 5.56 Å². The summed E-state index contributed by atoms with van der Waals surface area (Å²) >= 11 is 0. The Kier molecular flexibility index (Phi) is 5.91. The van der Waals surface area contributed by atoms with Crippen LogP contribution in [-0.4, -0.2) is 30.6 Å². The third-order valence-electron chi connectivity index (χ3n) is 3.36. The molecular weight excluding hydrogens is 298 g/mol. The Morgan fingerprint density at radius 2 is 2.00 bits per heavy atom. The number of hydrogen-bond acceptors (Lipinski definition) is 6. The van der Waals surface area contributed by atoms with Crippen molar-refractivity contribution < 1.29 is 23.5 Å². The van der Waals surface area contributed by atoms with E-state index in [4.69, 9.17) is 9.15 Å². The van der Waals surface area contributed by atoms with Gasteiger partial charge in [0.05, 0.1) is 20.1 Å². The number of hydrogen-bond donors (Lipinski definition) is 0. The zero-order valence-corrected chi connectivity index (χ0v) is 13.2. The van der Waals surface area contributed by atoms with Gasteiger partial charge in [0.15, 0.2) is 11.6 Å². The third-order valence-corrected chi connectivity index (χ3v) is 3.36. The molecule has 2 rings (SSSR count). The zero-order valence-electron chi connectivity index (χ0n) is 13.2. The second-order valence-electron chi connectivity index (χ2n) is 4.94. The fourth-order valence-electron chi connectivity index (χ4n) is 2.27. The minimum Gasteiger partial charge on any atom is -0.466 e. The molecule has 1 aromatic carbocycles. The van der Waals surface area contributed by atoms with Crippen molar-refractivity contribution in [3.05, 3.63) is 53.7 Å². The molecule has 0 saturated heterocycles. The van der Waals surface area contributed by atoms with Crippen LogP contribution in [0.5, 0.6) is 0 Å². The molecule has 0 aliphatic rings. The average molecular weight is 317 g/mol. The summed E-state index contributed by atoms with van der Waals surface area (Å²) in [6.07, 6.45) is 1.86. The molecule has 0 aliphatic carbocycles. The molecule has 122 valence electrons. The number of aromatic nitrogens is 1. The summed E-state index contributed by atoms with van der Waals surface area (Å²) < 4.78 is 14.9. The fraction of sp³-hybridized carbons (Fsp3) is 0.353. The molecule has 1 aromatic heterocycles. The molecule has 6 nitrogen and oxygen atoms in total. The second-order valence-corrected chi connectivity index (χ2v) is 4.94. The Hall–Kier alpha value is -2.63. The highest BCUT2D eigenvalue weighted by Gasteiger charge is 2.21. The van der Waals surface area contributed by atoms with Crippen LogP contribution < -0.4 is 0 Å². The molecule has 0 spiro atoms. The second kappa shape index (κ2) is 8.12. The van der Waals surface area contributed by atoms with Crippen molar-refractivity contribution in [2.45, 2.75) is 25.7 Å². The van der Waals surface area contributed by atoms with Gasteiger partial charge in [0, 0.05) is 12.3 Å². The molecule has 0 bridgehead atoms. The molecule has 0 radical (unpaired) electrons. The summed E-state index contributed by atoms with van der Waals surface area (Å²) in [7, 11) is 1.28. The summed E-state index contributed by atoms with van der Waals surface area (Å²) in [5.74, 6) is -0.592. The predicted octanol–water partition coefficient (Wildman–Crippen LogP) is 2.74. The number of oxazole rings is 1. The largest absolute Gasteiger partial charge is 0.466 e. The minimum absolute atomic E-state index is 0.116. The maximum atomic E-state index is 11.8. The monoisotopic (exact) mass is 317 g/mol. The number of ether oxygens (including phenoxy) is 2. The lowest BCUT2D eigenvalue weighted by Crippen LogP contribution is -2.13. The number of carbonyl (C=O) groups is 2. The number of esters is 2. The van der Waals surface area contributed by atoms with Crippen molar-refractivity contribution in [2.75, 3.05) is 13.7 Å². The first-order valence-electron chi connectivity index (χ1n) is 7.37. The molecule has 0 fully saturated rings. The van der Waals surface area contributed by atoms with Gasteiger partial charge in [0.25, 0.3) is 0 Å². The summed E-state index contributed by atoms with van der Waals surface area (Å²) in [6.45, 7) is 2.11. The Bertz CT molecular complexity index is 650. The number of nitrogens with zero attached hydrogens (tertiary/aromatic N) is 1. The topological polar surface area (TPSA) is 78.6 Å². The Morgan fingerprint density at radius 3 is 2.65 bits per heavy atom. The van der Waals surface area contributed by atoms with Crippen LogP contribution in [0.2, 0.25) is 0 Å². The first-order valence-corrected chi connectivity index (χ1v) is 7.37. The standard InChI is InChI=1S/C17H19NO5/c1-3-22-16(19)10-13(12-7-5-4-6-8-12)9-15-18-14(11-23-15)17(20)21-2/h4-8,11,13H,3,9-10H2,1-2H3. The van der Waals surface area contributed by atoms with Crippen LogP contribution in [0, 0.1) is 0 Å². The van der Waals surface area contributed by atoms with Crippen LogP contribution in [0.15, 0.2) is 41.0 Å². The van der Waals surface area contributed by atoms with E-state index >= 15 is 0 Å². The van der Waals surface area contributed by atoms with Crippen LogP contribution in [0.1, 0.15) is 41.2 Å². The van der Waals surface area contributed by atoms with Gasteiger partial charge in [-0.2, -0.15) is 0 Å². The Balaban J connectivity index is 2.15. The van der Waals surface area contributed by atoms with E-state index in [1.165, 1.54) is 13.4 Å². The minimum atomic E-state index is -0.554. The third kappa shape index (κ3) is 4.67. The highest BCUT2D eigenvalue weighted by Crippen LogP contribution is 2.24. The Labute approximate surface area is 134 Å². The Morgan fingerprint density at radius 1 is 1.26 bits per heavy atom. The van der Waals surface area contributed by atoms with Gasteiger partial charge in [-0.3, -0.25) is 4.79 Å². The van der Waals surface area contributed by atoms with Crippen molar-refractivity contribution in [1.82, 2.24) is 4.98 Å². The van der Waals surface area contributed by atoms with Crippen molar-refractivity contribution >= 4 is 11.9 Å². The van der Waals surface area contributed by atoms with Crippen LogP contribution >= 0.6 is 0 Å². The molecule has 2 aromatic rings. The van der Waals surface area contributed by atoms with Gasteiger partial charge >= 0.3 is 11.9 Å². The summed E-state index contributed by atoms with van der Waals surface area (Å²) in [6, 6.07) is 9.60. The fourth-order valence-corrected chi connectivity index (χ4v) is 2.27. The lowest BCUT2D eigenvalue weighted by molar-refractivity contribution is -0.143. The van der Waals surface area contributed by atoms with E-state index in [1.807, 2.05) is 30.3 Å². The first kappa shape index (κ1) is 16.7. The van der Waals surface area contributed by atoms with Gasteiger partial charge in [-0.1, -0.05) is 30.3 Å². The summed E-state index contributed by atoms with van der Waals surface area (Å²) in [5, 5.41) is 0. The van der Waals surface area contributed by atoms with Crippen LogP contribution in [-0.2, 0) is 20.7 Å². The van der Waals surface area contributed by atoms with Crippen LogP contribution in [0.3, 0.4) is 0 Å². The van der Waals surface area contributed by atoms with E-state index in [2.05, 4.69) is 9.72 Å². The van der Waals surface area contributed by atoms with Gasteiger partial charge in [0.2, 0.25) is 0 Å². The summed E-state index contributed by atoms with van der Waals surface area (Å²) in [5.41, 5.74) is 1.10. The van der Waals surface area contributed by atoms with Crippen LogP contribution in [0.25, 0.3) is 0 Å². The lowest BCUT2D eigenvalue weighted by atomic mass is 9.92. The molecule has 0 N–H and O–H groups in total. The van der Waals surface area contributed by atoms with Crippen molar-refractivity contribution in [2.24, 2.45) is 0 Å². The number of carbonyl (C=O) groups excluding carboxylic acids is 2. The molecule has 1 atom stereocenters. The zero-order chi connectivity index (χ0) is 16.7. The van der Waals surface area contributed by atoms with Crippen molar-refractivity contribution in [3.8, 4) is 0 Å². The quantitative estimate of drug-likeness (QED) is 0.731. The number of methoxy groups -OCH3 is 1. The van der Waals surface area contributed by atoms with Gasteiger partial charge in [-0.15, -0.1) is 0 Å². The van der Waals surface area contributed by atoms with E-state index in [9.17, 15) is 9.59 Å². The molecule has 23 heavy (non-hydrogen) atoms. The SMILES string of the molecule is CCOC(=O)CC(Cc1nc(C(=O)OC)co1)c1ccccc1. The van der Waals surface area contributed by atoms with E-state index < -0.39 is 5.97 Å². The highest BCUT2D eigenvalue weighted by molar-refractivity contribution is 5.86. The lowest BCUT2D eigenvalue weighted by Gasteiger charge is -2.14. The molecule has 0 amide bonds. The normalized spacial score (nSPS) is 11.7. The summed E-state index contributed by atoms with van der Waals surface area (Å²) in [4.78, 5) is 27.4. The maximum absolute atomic E-state index is 11.8. The van der Waals surface area contributed by atoms with Crippen molar-refractivity contribution in [3.63, 3.8) is 0 Å². The molecule has 0 saturated carbocycles. The van der Waals surface area contributed by atoms with Crippen molar-refractivity contribution in [1.29, 1.82) is 0 Å². The highest BCUT2D eigenvalue weighted by atomic mass is 16.5. The maximum Gasteiger partial charge on any atom is 0.360 e. The van der Waals surface area contributed by atoms with E-state index in [-0.39, 0.29) is 24.0 Å². The van der Waals surface area contributed by atoms with E-state index in [0.29, 0.717) is 18.9 Å². The van der Waals surface area contributed by atoms with Gasteiger partial charge in [-0.05, 0) is 12.5 Å².